The first-order valence-electron chi connectivity index (χ1n) is 17.8. The molecule has 5 N–H and O–H groups in total. The second-order valence-electron chi connectivity index (χ2n) is 13.4. The third kappa shape index (κ3) is 16.1. The van der Waals surface area contributed by atoms with E-state index in [1.54, 1.807) is 64.1 Å². The van der Waals surface area contributed by atoms with Crippen LogP contribution in [0.4, 0.5) is 4.79 Å². The van der Waals surface area contributed by atoms with E-state index in [1.165, 1.54) is 17.6 Å². The number of nitrogens with zero attached hydrogens (tertiary/aromatic N) is 1. The lowest BCUT2D eigenvalue weighted by Crippen LogP contribution is -2.42. The van der Waals surface area contributed by atoms with Crippen LogP contribution in [0.5, 0.6) is 5.75 Å². The van der Waals surface area contributed by atoms with Crippen molar-refractivity contribution in [3.8, 4) is 5.75 Å². The second-order valence-corrected chi connectivity index (χ2v) is 16.1. The van der Waals surface area contributed by atoms with Crippen molar-refractivity contribution in [3.05, 3.63) is 82.0 Å². The van der Waals surface area contributed by atoms with Gasteiger partial charge in [0.15, 0.2) is 6.61 Å². The zero-order chi connectivity index (χ0) is 39.6. The second kappa shape index (κ2) is 21.8. The Morgan fingerprint density at radius 3 is 2.35 bits per heavy atom. The summed E-state index contributed by atoms with van der Waals surface area (Å²) in [5, 5.41) is 14.1. The number of urea groups is 1. The molecule has 0 radical (unpaired) electrons. The van der Waals surface area contributed by atoms with E-state index in [9.17, 15) is 27.6 Å². The highest BCUT2D eigenvalue weighted by molar-refractivity contribution is 7.89. The highest BCUT2D eigenvalue weighted by Crippen LogP contribution is 2.27. The van der Waals surface area contributed by atoms with Gasteiger partial charge in [0.25, 0.3) is 5.91 Å². The molecule has 0 bridgehead atoms. The summed E-state index contributed by atoms with van der Waals surface area (Å²) >= 11 is 1.42. The number of nitrogens with one attached hydrogen (secondary N) is 5. The largest absolute Gasteiger partial charge is 0.484 e. The van der Waals surface area contributed by atoms with Gasteiger partial charge in [-0.1, -0.05) is 42.8 Å². The summed E-state index contributed by atoms with van der Waals surface area (Å²) < 4.78 is 39.1. The number of aryl methyl sites for hydroxylation is 1. The molecule has 0 saturated heterocycles. The molecule has 0 aliphatic heterocycles. The maximum atomic E-state index is 13.7. The first kappa shape index (κ1) is 43.6. The van der Waals surface area contributed by atoms with Gasteiger partial charge in [0.1, 0.15) is 11.4 Å². The molecule has 1 unspecified atom stereocenters. The van der Waals surface area contributed by atoms with Crippen LogP contribution in [0.15, 0.2) is 76.0 Å². The minimum atomic E-state index is -3.67. The maximum absolute atomic E-state index is 13.7. The fourth-order valence-corrected chi connectivity index (χ4v) is 7.37. The van der Waals surface area contributed by atoms with Crippen LogP contribution >= 0.6 is 11.3 Å². The predicted molar refractivity (Wildman–Crippen MR) is 209 cm³/mol. The topological polar surface area (TPSA) is 193 Å². The summed E-state index contributed by atoms with van der Waals surface area (Å²) in [6.07, 6.45) is 3.06. The van der Waals surface area contributed by atoms with E-state index in [-0.39, 0.29) is 36.3 Å². The van der Waals surface area contributed by atoms with Crippen molar-refractivity contribution in [1.29, 1.82) is 0 Å². The number of hydrogen-bond acceptors (Lipinski definition) is 10. The molecule has 3 aromatic rings. The van der Waals surface area contributed by atoms with Crippen molar-refractivity contribution < 1.29 is 37.1 Å². The summed E-state index contributed by atoms with van der Waals surface area (Å²) in [6.45, 7) is 9.75. The SMILES string of the molecule is CCNC(=O)COc1ccc(CCNC(=O)NN=C[C@H](CC(=O)OC(C)(C)C)NC(=O)C(CCCCNS(=O)(=O)c2ccccc2C)c2cccs2)cc1. The van der Waals surface area contributed by atoms with Crippen molar-refractivity contribution in [2.45, 2.75) is 89.2 Å². The van der Waals surface area contributed by atoms with Gasteiger partial charge in [0.2, 0.25) is 15.9 Å². The van der Waals surface area contributed by atoms with Crippen LogP contribution in [0.1, 0.15) is 75.3 Å². The smallest absolute Gasteiger partial charge is 0.335 e. The van der Waals surface area contributed by atoms with E-state index in [1.807, 2.05) is 36.6 Å². The Balaban J connectivity index is 1.55. The van der Waals surface area contributed by atoms with Gasteiger partial charge in [-0.15, -0.1) is 11.3 Å². The fourth-order valence-electron chi connectivity index (χ4n) is 5.19. The summed E-state index contributed by atoms with van der Waals surface area (Å²) in [7, 11) is -3.67. The van der Waals surface area contributed by atoms with Crippen LogP contribution in [0.3, 0.4) is 0 Å². The highest BCUT2D eigenvalue weighted by Gasteiger charge is 2.26. The third-order valence-electron chi connectivity index (χ3n) is 7.72. The Morgan fingerprint density at radius 1 is 0.944 bits per heavy atom. The van der Waals surface area contributed by atoms with Crippen LogP contribution in [0, 0.1) is 6.92 Å². The minimum Gasteiger partial charge on any atom is -0.484 e. The van der Waals surface area contributed by atoms with Crippen molar-refractivity contribution in [3.63, 3.8) is 0 Å². The molecule has 16 heteroatoms. The van der Waals surface area contributed by atoms with Crippen molar-refractivity contribution >= 4 is 51.4 Å². The van der Waals surface area contributed by atoms with Gasteiger partial charge in [-0.3, -0.25) is 14.4 Å². The number of ether oxygens (including phenoxy) is 2. The molecule has 4 amide bonds. The fraction of sp³-hybridized carbons (Fsp3) is 0.447. The van der Waals surface area contributed by atoms with Crippen LogP contribution in [-0.4, -0.2) is 76.3 Å². The number of likely N-dealkylation sites (N-methyl/N-ethyl adjacent to an activating group) is 1. The summed E-state index contributed by atoms with van der Waals surface area (Å²) in [6, 6.07) is 16.2. The standard InChI is InChI=1S/C38H52N6O8S2/c1-6-39-34(45)26-51-30-18-16-28(17-19-30)20-22-40-37(48)44-41-25-29(24-35(46)52-38(3,4)5)43-36(47)31(32-14-11-23-53-32)13-9-10-21-42-54(49,50)33-15-8-7-12-27(33)2/h7-8,11-12,14-19,23,25,29,31,42H,6,9-10,13,20-22,24,26H2,1-5H3,(H,39,45)(H,43,47)(H2,40,44,48)/t29-,31?/m0/s1. The summed E-state index contributed by atoms with van der Waals surface area (Å²) in [5.74, 6) is -1.11. The van der Waals surface area contributed by atoms with E-state index < -0.39 is 39.6 Å². The molecule has 0 aliphatic carbocycles. The molecule has 2 aromatic carbocycles. The Hall–Kier alpha value is -4.80. The van der Waals surface area contributed by atoms with Crippen molar-refractivity contribution in [2.24, 2.45) is 5.10 Å². The number of sulfonamides is 1. The monoisotopic (exact) mass is 784 g/mol. The average Bonchev–Trinajstić information content (AvgIpc) is 3.63. The Bertz CT molecular complexity index is 1790. The minimum absolute atomic E-state index is 0.0730. The Morgan fingerprint density at radius 2 is 1.69 bits per heavy atom. The summed E-state index contributed by atoms with van der Waals surface area (Å²) in [4.78, 5) is 51.6. The van der Waals surface area contributed by atoms with Crippen molar-refractivity contribution in [1.82, 2.24) is 26.1 Å². The van der Waals surface area contributed by atoms with Gasteiger partial charge in [0, 0.05) is 30.7 Å². The third-order valence-corrected chi connectivity index (χ3v) is 10.3. The Labute approximate surface area is 321 Å². The predicted octanol–water partition coefficient (Wildman–Crippen LogP) is 4.55. The van der Waals surface area contributed by atoms with E-state index in [0.29, 0.717) is 50.1 Å². The number of carbonyl (C=O) groups is 4. The lowest BCUT2D eigenvalue weighted by Gasteiger charge is -2.23. The van der Waals surface area contributed by atoms with E-state index >= 15 is 0 Å². The van der Waals surface area contributed by atoms with Gasteiger partial charge in [-0.05, 0) is 94.7 Å². The quantitative estimate of drug-likeness (QED) is 0.0450. The van der Waals surface area contributed by atoms with E-state index in [2.05, 4.69) is 31.2 Å². The molecule has 0 spiro atoms. The van der Waals surface area contributed by atoms with Crippen LogP contribution in [-0.2, 0) is 35.6 Å². The summed E-state index contributed by atoms with van der Waals surface area (Å²) in [5.41, 5.74) is 3.22. The number of unbranched alkanes of at least 4 members (excludes halogenated alkanes) is 1. The molecular formula is C38H52N6O8S2. The number of esters is 1. The van der Waals surface area contributed by atoms with Crippen LogP contribution in [0.2, 0.25) is 0 Å². The molecule has 0 aliphatic rings. The molecular weight excluding hydrogens is 733 g/mol. The molecule has 0 fully saturated rings. The maximum Gasteiger partial charge on any atom is 0.335 e. The van der Waals surface area contributed by atoms with Gasteiger partial charge >= 0.3 is 12.0 Å². The van der Waals surface area contributed by atoms with Gasteiger partial charge in [-0.2, -0.15) is 5.10 Å². The van der Waals surface area contributed by atoms with Gasteiger partial charge < -0.3 is 25.4 Å². The van der Waals surface area contributed by atoms with Gasteiger partial charge in [-0.25, -0.2) is 23.4 Å². The number of benzene rings is 2. The zero-order valence-corrected chi connectivity index (χ0v) is 33.1. The molecule has 1 heterocycles. The average molecular weight is 785 g/mol. The van der Waals surface area contributed by atoms with Crippen molar-refractivity contribution in [2.75, 3.05) is 26.2 Å². The molecule has 54 heavy (non-hydrogen) atoms. The lowest BCUT2D eigenvalue weighted by atomic mass is 9.98. The number of hydrogen-bond donors (Lipinski definition) is 5. The zero-order valence-electron chi connectivity index (χ0n) is 31.5. The molecule has 1 aromatic heterocycles. The normalized spacial score (nSPS) is 12.8. The Kier molecular flexibility index (Phi) is 17.6. The van der Waals surface area contributed by atoms with Gasteiger partial charge in [0.05, 0.1) is 23.3 Å². The molecule has 2 atom stereocenters. The van der Waals surface area contributed by atoms with E-state index in [4.69, 9.17) is 9.47 Å². The molecule has 0 saturated carbocycles. The molecule has 14 nitrogen and oxygen atoms in total. The first-order chi connectivity index (χ1) is 25.7. The number of rotatable bonds is 21. The highest BCUT2D eigenvalue weighted by atomic mass is 32.2. The number of carbonyl (C=O) groups excluding carboxylic acids is 4. The number of thiophene rings is 1. The molecule has 294 valence electrons. The van der Waals surface area contributed by atoms with Crippen LogP contribution < -0.4 is 30.8 Å². The lowest BCUT2D eigenvalue weighted by molar-refractivity contribution is -0.155. The number of amides is 4. The number of hydrazone groups is 1. The molecule has 3 rings (SSSR count). The van der Waals surface area contributed by atoms with E-state index in [0.717, 1.165) is 10.4 Å². The first-order valence-corrected chi connectivity index (χ1v) is 20.2. The van der Waals surface area contributed by atoms with Crippen LogP contribution in [0.25, 0.3) is 0 Å².